The number of carbonyl (C=O) groups is 2. The van der Waals surface area contributed by atoms with Gasteiger partial charge in [-0.05, 0) is 68.3 Å². The molecule has 0 unspecified atom stereocenters. The summed E-state index contributed by atoms with van der Waals surface area (Å²) in [5.74, 6) is 1.15. The van der Waals surface area contributed by atoms with Gasteiger partial charge in [0.2, 0.25) is 11.8 Å². The van der Waals surface area contributed by atoms with Crippen molar-refractivity contribution in [3.63, 3.8) is 0 Å². The Balaban J connectivity index is 1.57. The maximum Gasteiger partial charge on any atom is 0.234 e. The molecular formula is C23H27N5O3S. The van der Waals surface area contributed by atoms with Crippen LogP contribution in [0.1, 0.15) is 23.9 Å². The van der Waals surface area contributed by atoms with Gasteiger partial charge in [0.1, 0.15) is 11.6 Å². The van der Waals surface area contributed by atoms with Crippen molar-refractivity contribution in [1.82, 2.24) is 14.8 Å². The number of hydrogen-bond donors (Lipinski definition) is 2. The Bertz CT molecular complexity index is 1080. The maximum atomic E-state index is 12.4. The highest BCUT2D eigenvalue weighted by molar-refractivity contribution is 7.99. The molecule has 0 bridgehead atoms. The Kier molecular flexibility index (Phi) is 7.88. The minimum absolute atomic E-state index is 0.0855. The van der Waals surface area contributed by atoms with Gasteiger partial charge in [0.05, 0.1) is 19.3 Å². The van der Waals surface area contributed by atoms with Crippen LogP contribution < -0.4 is 15.4 Å². The Hall–Kier alpha value is -3.33. The second-order valence-electron chi connectivity index (χ2n) is 7.31. The molecule has 2 N–H and O–H groups in total. The van der Waals surface area contributed by atoms with Crippen LogP contribution in [0.25, 0.3) is 0 Å². The van der Waals surface area contributed by atoms with Gasteiger partial charge in [0.25, 0.3) is 0 Å². The van der Waals surface area contributed by atoms with E-state index in [-0.39, 0.29) is 24.0 Å². The van der Waals surface area contributed by atoms with Crippen LogP contribution in [-0.2, 0) is 22.6 Å². The predicted molar refractivity (Wildman–Crippen MR) is 126 cm³/mol. The van der Waals surface area contributed by atoms with E-state index in [0.717, 1.165) is 22.6 Å². The first-order valence-electron chi connectivity index (χ1n) is 10.2. The van der Waals surface area contributed by atoms with Gasteiger partial charge in [-0.15, -0.1) is 10.2 Å². The normalized spacial score (nSPS) is 10.6. The average molecular weight is 454 g/mol. The van der Waals surface area contributed by atoms with Crippen molar-refractivity contribution in [1.29, 1.82) is 0 Å². The molecule has 1 aromatic heterocycles. The SMILES string of the molecule is CCn1c(CC(=O)Nc2ccc(OC)cc2)nnc1SCC(=O)Nc1cc(C)cc(C)c1. The number of nitrogens with one attached hydrogen (secondary N) is 2. The van der Waals surface area contributed by atoms with Crippen LogP contribution in [0.3, 0.4) is 0 Å². The average Bonchev–Trinajstić information content (AvgIpc) is 3.13. The standard InChI is InChI=1S/C23H27N5O3S/c1-5-28-20(13-21(29)24-17-6-8-19(31-4)9-7-17)26-27-23(28)32-14-22(30)25-18-11-15(2)10-16(3)12-18/h6-12H,5,13-14H2,1-4H3,(H,24,29)(H,25,30). The van der Waals surface area contributed by atoms with E-state index in [1.54, 1.807) is 31.4 Å². The van der Waals surface area contributed by atoms with Gasteiger partial charge in [-0.1, -0.05) is 17.8 Å². The second-order valence-corrected chi connectivity index (χ2v) is 8.25. The summed E-state index contributed by atoms with van der Waals surface area (Å²) in [5, 5.41) is 14.7. The summed E-state index contributed by atoms with van der Waals surface area (Å²) in [5.41, 5.74) is 3.64. The van der Waals surface area contributed by atoms with Gasteiger partial charge in [-0.25, -0.2) is 0 Å². The number of hydrogen-bond acceptors (Lipinski definition) is 6. The van der Waals surface area contributed by atoms with E-state index >= 15 is 0 Å². The van der Waals surface area contributed by atoms with Crippen molar-refractivity contribution in [2.45, 2.75) is 38.9 Å². The van der Waals surface area contributed by atoms with Crippen LogP contribution in [0.4, 0.5) is 11.4 Å². The minimum Gasteiger partial charge on any atom is -0.497 e. The van der Waals surface area contributed by atoms with E-state index in [9.17, 15) is 9.59 Å². The molecule has 2 amide bonds. The van der Waals surface area contributed by atoms with Crippen molar-refractivity contribution in [3.05, 3.63) is 59.4 Å². The number of methoxy groups -OCH3 is 1. The largest absolute Gasteiger partial charge is 0.497 e. The quantitative estimate of drug-likeness (QED) is 0.478. The van der Waals surface area contributed by atoms with Crippen LogP contribution >= 0.6 is 11.8 Å². The van der Waals surface area contributed by atoms with Gasteiger partial charge in [-0.2, -0.15) is 0 Å². The Labute approximate surface area is 191 Å². The van der Waals surface area contributed by atoms with E-state index < -0.39 is 0 Å². The molecule has 3 aromatic rings. The van der Waals surface area contributed by atoms with Crippen molar-refractivity contribution >= 4 is 35.0 Å². The molecule has 0 aliphatic heterocycles. The summed E-state index contributed by atoms with van der Waals surface area (Å²) < 4.78 is 6.97. The highest BCUT2D eigenvalue weighted by atomic mass is 32.2. The molecule has 9 heteroatoms. The molecule has 2 aromatic carbocycles. The second kappa shape index (κ2) is 10.8. The van der Waals surface area contributed by atoms with Gasteiger partial charge in [-0.3, -0.25) is 9.59 Å². The number of nitrogens with zero attached hydrogens (tertiary/aromatic N) is 3. The lowest BCUT2D eigenvalue weighted by molar-refractivity contribution is -0.116. The molecule has 0 radical (unpaired) electrons. The van der Waals surface area contributed by atoms with Crippen LogP contribution in [0.2, 0.25) is 0 Å². The van der Waals surface area contributed by atoms with Crippen molar-refractivity contribution in [2.24, 2.45) is 0 Å². The molecule has 0 aliphatic carbocycles. The van der Waals surface area contributed by atoms with Crippen molar-refractivity contribution in [2.75, 3.05) is 23.5 Å². The molecule has 0 atom stereocenters. The van der Waals surface area contributed by atoms with Crippen molar-refractivity contribution in [3.8, 4) is 5.75 Å². The van der Waals surface area contributed by atoms with Crippen LogP contribution in [-0.4, -0.2) is 39.4 Å². The molecule has 0 aliphatic rings. The fraction of sp³-hybridized carbons (Fsp3) is 0.304. The maximum absolute atomic E-state index is 12.4. The molecule has 1 heterocycles. The summed E-state index contributed by atoms with van der Waals surface area (Å²) in [6, 6.07) is 13.0. The first-order valence-corrected chi connectivity index (χ1v) is 11.2. The monoisotopic (exact) mass is 453 g/mol. The van der Waals surface area contributed by atoms with Gasteiger partial charge in [0, 0.05) is 17.9 Å². The number of ether oxygens (including phenoxy) is 1. The van der Waals surface area contributed by atoms with Crippen LogP contribution in [0, 0.1) is 13.8 Å². The fourth-order valence-electron chi connectivity index (χ4n) is 3.27. The summed E-state index contributed by atoms with van der Waals surface area (Å²) in [6.07, 6.45) is 0.0855. The van der Waals surface area contributed by atoms with E-state index in [0.29, 0.717) is 23.2 Å². The molecule has 168 valence electrons. The zero-order valence-electron chi connectivity index (χ0n) is 18.6. The third kappa shape index (κ3) is 6.34. The third-order valence-electron chi connectivity index (χ3n) is 4.64. The minimum atomic E-state index is -0.193. The Morgan fingerprint density at radius 1 is 0.969 bits per heavy atom. The van der Waals surface area contributed by atoms with Gasteiger partial charge in [0.15, 0.2) is 5.16 Å². The molecule has 32 heavy (non-hydrogen) atoms. The highest BCUT2D eigenvalue weighted by Gasteiger charge is 2.16. The summed E-state index contributed by atoms with van der Waals surface area (Å²) in [4.78, 5) is 24.8. The molecule has 3 rings (SSSR count). The first-order chi connectivity index (χ1) is 15.4. The number of aromatic nitrogens is 3. The number of aryl methyl sites for hydroxylation is 2. The number of carbonyl (C=O) groups excluding carboxylic acids is 2. The van der Waals surface area contributed by atoms with E-state index in [1.807, 2.05) is 37.5 Å². The predicted octanol–water partition coefficient (Wildman–Crippen LogP) is 3.84. The topological polar surface area (TPSA) is 98.1 Å². The molecule has 8 nitrogen and oxygen atoms in total. The Morgan fingerprint density at radius 3 is 2.25 bits per heavy atom. The lowest BCUT2D eigenvalue weighted by Gasteiger charge is -2.09. The van der Waals surface area contributed by atoms with Crippen molar-refractivity contribution < 1.29 is 14.3 Å². The molecule has 0 saturated heterocycles. The fourth-order valence-corrected chi connectivity index (χ4v) is 4.09. The molecule has 0 fully saturated rings. The third-order valence-corrected chi connectivity index (χ3v) is 5.61. The number of benzene rings is 2. The summed E-state index contributed by atoms with van der Waals surface area (Å²) in [6.45, 7) is 6.54. The summed E-state index contributed by atoms with van der Waals surface area (Å²) in [7, 11) is 1.59. The first kappa shape index (κ1) is 23.3. The smallest absolute Gasteiger partial charge is 0.234 e. The van der Waals surface area contributed by atoms with E-state index in [1.165, 1.54) is 11.8 Å². The zero-order chi connectivity index (χ0) is 23.1. The van der Waals surface area contributed by atoms with Crippen LogP contribution in [0.5, 0.6) is 5.75 Å². The van der Waals surface area contributed by atoms with E-state index in [2.05, 4.69) is 26.9 Å². The van der Waals surface area contributed by atoms with Gasteiger partial charge < -0.3 is 19.9 Å². The van der Waals surface area contributed by atoms with E-state index in [4.69, 9.17) is 4.74 Å². The molecular weight excluding hydrogens is 426 g/mol. The summed E-state index contributed by atoms with van der Waals surface area (Å²) >= 11 is 1.30. The van der Waals surface area contributed by atoms with Crippen LogP contribution in [0.15, 0.2) is 47.6 Å². The number of amides is 2. The molecule has 0 spiro atoms. The molecule has 0 saturated carbocycles. The number of rotatable bonds is 9. The zero-order valence-corrected chi connectivity index (χ0v) is 19.5. The number of thioether (sulfide) groups is 1. The van der Waals surface area contributed by atoms with Gasteiger partial charge >= 0.3 is 0 Å². The Morgan fingerprint density at radius 2 is 1.62 bits per heavy atom. The number of anilines is 2. The lowest BCUT2D eigenvalue weighted by Crippen LogP contribution is -2.18. The lowest BCUT2D eigenvalue weighted by atomic mass is 10.1. The highest BCUT2D eigenvalue weighted by Crippen LogP contribution is 2.20.